The summed E-state index contributed by atoms with van der Waals surface area (Å²) >= 11 is 0. The number of amides is 3. The lowest BCUT2D eigenvalue weighted by Crippen LogP contribution is -2.44. The number of benzene rings is 1. The van der Waals surface area contributed by atoms with Gasteiger partial charge in [-0.1, -0.05) is 0 Å². The fourth-order valence-electron chi connectivity index (χ4n) is 2.41. The van der Waals surface area contributed by atoms with Crippen LogP contribution in [0.3, 0.4) is 0 Å². The van der Waals surface area contributed by atoms with Gasteiger partial charge in [-0.15, -0.1) is 0 Å². The average molecular weight is 327 g/mol. The number of hydrogen-bond donors (Lipinski definition) is 1. The number of urea groups is 1. The van der Waals surface area contributed by atoms with E-state index in [9.17, 15) is 18.4 Å². The molecule has 23 heavy (non-hydrogen) atoms. The Labute approximate surface area is 133 Å². The second-order valence-corrected chi connectivity index (χ2v) is 5.38. The standard InChI is InChI=1S/C15H19F2N3O3/c1-10(9-23-2)18-14(21)8-19-5-6-20(15(19)22)11-3-4-12(16)13(17)7-11/h3-4,7,10H,5-6,8-9H2,1-2H3,(H,18,21). The summed E-state index contributed by atoms with van der Waals surface area (Å²) in [6.45, 7) is 2.73. The second kappa shape index (κ2) is 7.36. The molecule has 1 aliphatic heterocycles. The predicted molar refractivity (Wildman–Crippen MR) is 80.2 cm³/mol. The van der Waals surface area contributed by atoms with E-state index in [-0.39, 0.29) is 24.2 Å². The van der Waals surface area contributed by atoms with Crippen LogP contribution in [0.2, 0.25) is 0 Å². The van der Waals surface area contributed by atoms with Gasteiger partial charge in [-0.3, -0.25) is 9.69 Å². The number of anilines is 1. The number of rotatable bonds is 6. The maximum atomic E-state index is 13.3. The van der Waals surface area contributed by atoms with Crippen molar-refractivity contribution < 1.29 is 23.1 Å². The minimum Gasteiger partial charge on any atom is -0.383 e. The zero-order chi connectivity index (χ0) is 17.0. The van der Waals surface area contributed by atoms with Crippen LogP contribution in [0.15, 0.2) is 18.2 Å². The minimum atomic E-state index is -1.01. The molecule has 0 saturated carbocycles. The molecule has 0 aromatic heterocycles. The van der Waals surface area contributed by atoms with Crippen molar-refractivity contribution in [2.45, 2.75) is 13.0 Å². The van der Waals surface area contributed by atoms with E-state index in [4.69, 9.17) is 4.74 Å². The molecule has 3 amide bonds. The van der Waals surface area contributed by atoms with Crippen LogP contribution in [0.4, 0.5) is 19.3 Å². The molecule has 126 valence electrons. The molecule has 8 heteroatoms. The maximum Gasteiger partial charge on any atom is 0.325 e. The number of ether oxygens (including phenoxy) is 1. The number of nitrogens with zero attached hydrogens (tertiary/aromatic N) is 2. The molecule has 1 heterocycles. The largest absolute Gasteiger partial charge is 0.383 e. The van der Waals surface area contributed by atoms with Gasteiger partial charge in [0.15, 0.2) is 11.6 Å². The Morgan fingerprint density at radius 3 is 2.74 bits per heavy atom. The van der Waals surface area contributed by atoms with Crippen LogP contribution in [0, 0.1) is 11.6 Å². The van der Waals surface area contributed by atoms with Crippen LogP contribution in [-0.4, -0.2) is 56.2 Å². The van der Waals surface area contributed by atoms with Gasteiger partial charge < -0.3 is 15.0 Å². The van der Waals surface area contributed by atoms with Crippen LogP contribution in [0.25, 0.3) is 0 Å². The van der Waals surface area contributed by atoms with Crippen LogP contribution >= 0.6 is 0 Å². The lowest BCUT2D eigenvalue weighted by atomic mass is 10.3. The maximum absolute atomic E-state index is 13.3. The van der Waals surface area contributed by atoms with Crippen molar-refractivity contribution in [3.63, 3.8) is 0 Å². The topological polar surface area (TPSA) is 61.9 Å². The average Bonchev–Trinajstić information content (AvgIpc) is 2.83. The summed E-state index contributed by atoms with van der Waals surface area (Å²) in [6.07, 6.45) is 0. The molecule has 1 aromatic rings. The molecule has 1 aliphatic rings. The van der Waals surface area contributed by atoms with E-state index in [1.54, 1.807) is 6.92 Å². The third-order valence-electron chi connectivity index (χ3n) is 3.47. The molecule has 1 atom stereocenters. The van der Waals surface area contributed by atoms with Crippen molar-refractivity contribution in [2.24, 2.45) is 0 Å². The number of methoxy groups -OCH3 is 1. The van der Waals surface area contributed by atoms with Crippen LogP contribution in [0.1, 0.15) is 6.92 Å². The van der Waals surface area contributed by atoms with Gasteiger partial charge in [-0.2, -0.15) is 0 Å². The van der Waals surface area contributed by atoms with Gasteiger partial charge in [0.1, 0.15) is 6.54 Å². The molecular formula is C15H19F2N3O3. The first-order chi connectivity index (χ1) is 10.9. The third kappa shape index (κ3) is 4.16. The highest BCUT2D eigenvalue weighted by Gasteiger charge is 2.31. The Bertz CT molecular complexity index is 597. The van der Waals surface area contributed by atoms with Gasteiger partial charge in [-0.05, 0) is 19.1 Å². The van der Waals surface area contributed by atoms with Crippen molar-refractivity contribution in [3.05, 3.63) is 29.8 Å². The summed E-state index contributed by atoms with van der Waals surface area (Å²) in [5.74, 6) is -2.28. The smallest absolute Gasteiger partial charge is 0.325 e. The van der Waals surface area contributed by atoms with Gasteiger partial charge in [-0.25, -0.2) is 13.6 Å². The quantitative estimate of drug-likeness (QED) is 0.858. The zero-order valence-corrected chi connectivity index (χ0v) is 13.0. The molecule has 0 spiro atoms. The molecule has 1 N–H and O–H groups in total. The molecule has 0 bridgehead atoms. The highest BCUT2D eigenvalue weighted by Crippen LogP contribution is 2.22. The van der Waals surface area contributed by atoms with Gasteiger partial charge in [0.2, 0.25) is 5.91 Å². The Morgan fingerprint density at radius 2 is 2.09 bits per heavy atom. The first-order valence-corrected chi connectivity index (χ1v) is 7.22. The number of carbonyl (C=O) groups is 2. The lowest BCUT2D eigenvalue weighted by Gasteiger charge is -2.19. The highest BCUT2D eigenvalue weighted by molar-refractivity contribution is 5.96. The summed E-state index contributed by atoms with van der Waals surface area (Å²) < 4.78 is 31.2. The van der Waals surface area contributed by atoms with Crippen molar-refractivity contribution in [1.82, 2.24) is 10.2 Å². The van der Waals surface area contributed by atoms with Crippen molar-refractivity contribution in [2.75, 3.05) is 38.3 Å². The third-order valence-corrected chi connectivity index (χ3v) is 3.47. The van der Waals surface area contributed by atoms with E-state index in [1.807, 2.05) is 0 Å². The molecule has 1 fully saturated rings. The summed E-state index contributed by atoms with van der Waals surface area (Å²) in [7, 11) is 1.53. The highest BCUT2D eigenvalue weighted by atomic mass is 19.2. The summed E-state index contributed by atoms with van der Waals surface area (Å²) in [5, 5.41) is 2.71. The van der Waals surface area contributed by atoms with Crippen LogP contribution in [0.5, 0.6) is 0 Å². The summed E-state index contributed by atoms with van der Waals surface area (Å²) in [6, 6.07) is 2.70. The van der Waals surface area contributed by atoms with Crippen molar-refractivity contribution in [3.8, 4) is 0 Å². The van der Waals surface area contributed by atoms with E-state index in [0.29, 0.717) is 19.7 Å². The predicted octanol–water partition coefficient (Wildman–Crippen LogP) is 1.36. The van der Waals surface area contributed by atoms with E-state index < -0.39 is 17.7 Å². The Kier molecular flexibility index (Phi) is 5.49. The normalized spacial score (nSPS) is 15.9. The van der Waals surface area contributed by atoms with E-state index in [2.05, 4.69) is 5.32 Å². The lowest BCUT2D eigenvalue weighted by molar-refractivity contribution is -0.122. The molecule has 0 aliphatic carbocycles. The molecule has 1 aromatic carbocycles. The monoisotopic (exact) mass is 327 g/mol. The van der Waals surface area contributed by atoms with Gasteiger partial charge in [0.25, 0.3) is 0 Å². The SMILES string of the molecule is COCC(C)NC(=O)CN1CCN(c2ccc(F)c(F)c2)C1=O. The zero-order valence-electron chi connectivity index (χ0n) is 13.0. The van der Waals surface area contributed by atoms with Crippen LogP contribution in [-0.2, 0) is 9.53 Å². The molecule has 2 rings (SSSR count). The fraction of sp³-hybridized carbons (Fsp3) is 0.467. The Balaban J connectivity index is 1.96. The first-order valence-electron chi connectivity index (χ1n) is 7.22. The first kappa shape index (κ1) is 17.1. The van der Waals surface area contributed by atoms with Gasteiger partial charge in [0, 0.05) is 38.0 Å². The van der Waals surface area contributed by atoms with Crippen molar-refractivity contribution in [1.29, 1.82) is 0 Å². The summed E-state index contributed by atoms with van der Waals surface area (Å²) in [5.41, 5.74) is 0.268. The molecule has 1 unspecified atom stereocenters. The molecular weight excluding hydrogens is 308 g/mol. The van der Waals surface area contributed by atoms with E-state index in [0.717, 1.165) is 12.1 Å². The van der Waals surface area contributed by atoms with Gasteiger partial charge in [0.05, 0.1) is 6.61 Å². The van der Waals surface area contributed by atoms with Crippen molar-refractivity contribution >= 4 is 17.6 Å². The summed E-state index contributed by atoms with van der Waals surface area (Å²) in [4.78, 5) is 26.8. The Morgan fingerprint density at radius 1 is 1.35 bits per heavy atom. The number of halogens is 2. The number of carbonyl (C=O) groups excluding carboxylic acids is 2. The molecule has 1 saturated heterocycles. The molecule has 6 nitrogen and oxygen atoms in total. The van der Waals surface area contributed by atoms with Gasteiger partial charge >= 0.3 is 6.03 Å². The Hall–Kier alpha value is -2.22. The molecule has 0 radical (unpaired) electrons. The number of hydrogen-bond acceptors (Lipinski definition) is 3. The van der Waals surface area contributed by atoms with E-state index >= 15 is 0 Å². The number of nitrogens with one attached hydrogen (secondary N) is 1. The van der Waals surface area contributed by atoms with E-state index in [1.165, 1.54) is 23.0 Å². The second-order valence-electron chi connectivity index (χ2n) is 5.38. The van der Waals surface area contributed by atoms with Crippen LogP contribution < -0.4 is 10.2 Å². The fourth-order valence-corrected chi connectivity index (χ4v) is 2.41. The minimum absolute atomic E-state index is 0.0902.